The third kappa shape index (κ3) is 1.22. The van der Waals surface area contributed by atoms with Gasteiger partial charge in [-0.3, -0.25) is 0 Å². The number of hydrazine groups is 1. The third-order valence-corrected chi connectivity index (χ3v) is 2.01. The fourth-order valence-corrected chi connectivity index (χ4v) is 1.36. The summed E-state index contributed by atoms with van der Waals surface area (Å²) < 4.78 is 18.3. The fourth-order valence-electron chi connectivity index (χ4n) is 1.36. The Morgan fingerprint density at radius 1 is 1.54 bits per heavy atom. The first-order valence-electron chi connectivity index (χ1n) is 3.87. The highest BCUT2D eigenvalue weighted by Crippen LogP contribution is 2.31. The third-order valence-electron chi connectivity index (χ3n) is 2.01. The van der Waals surface area contributed by atoms with Crippen LogP contribution in [0.15, 0.2) is 12.1 Å². The van der Waals surface area contributed by atoms with E-state index in [0.29, 0.717) is 17.0 Å². The van der Waals surface area contributed by atoms with Gasteiger partial charge in [0, 0.05) is 17.7 Å². The number of hydrogen-bond donors (Lipinski definition) is 3. The highest BCUT2D eigenvalue weighted by molar-refractivity contribution is 5.59. The maximum absolute atomic E-state index is 13.3. The zero-order chi connectivity index (χ0) is 9.42. The van der Waals surface area contributed by atoms with Gasteiger partial charge in [0.1, 0.15) is 17.7 Å². The number of nitrogens with one attached hydrogen (secondary N) is 2. The summed E-state index contributed by atoms with van der Waals surface area (Å²) in [6.07, 6.45) is -0.499. The number of hydrogen-bond acceptors (Lipinski definition) is 4. The van der Waals surface area contributed by atoms with Crippen molar-refractivity contribution in [2.24, 2.45) is 5.73 Å². The van der Waals surface area contributed by atoms with Crippen LogP contribution in [0.2, 0.25) is 0 Å². The molecule has 0 spiro atoms. The van der Waals surface area contributed by atoms with E-state index in [9.17, 15) is 4.39 Å². The van der Waals surface area contributed by atoms with Crippen molar-refractivity contribution in [2.75, 3.05) is 12.5 Å². The Balaban J connectivity index is 2.53. The summed E-state index contributed by atoms with van der Waals surface area (Å²) in [4.78, 5) is 0. The predicted molar refractivity (Wildman–Crippen MR) is 46.6 cm³/mol. The molecule has 1 aliphatic rings. The van der Waals surface area contributed by atoms with E-state index in [0.717, 1.165) is 0 Å². The zero-order valence-electron chi connectivity index (χ0n) is 7.10. The van der Waals surface area contributed by atoms with Gasteiger partial charge >= 0.3 is 0 Å². The number of anilines is 1. The lowest BCUT2D eigenvalue weighted by atomic mass is 10.1. The Morgan fingerprint density at radius 3 is 3.00 bits per heavy atom. The summed E-state index contributed by atoms with van der Waals surface area (Å²) in [7, 11) is 1.49. The van der Waals surface area contributed by atoms with Gasteiger partial charge in [0.25, 0.3) is 0 Å². The van der Waals surface area contributed by atoms with Crippen molar-refractivity contribution in [3.8, 4) is 5.75 Å². The van der Waals surface area contributed by atoms with Crippen LogP contribution in [0.5, 0.6) is 5.75 Å². The van der Waals surface area contributed by atoms with Gasteiger partial charge < -0.3 is 15.9 Å². The molecule has 4 nitrogen and oxygen atoms in total. The normalized spacial score (nSPS) is 19.5. The summed E-state index contributed by atoms with van der Waals surface area (Å²) in [6, 6.07) is 3.01. The lowest BCUT2D eigenvalue weighted by Crippen LogP contribution is -2.25. The van der Waals surface area contributed by atoms with Crippen molar-refractivity contribution in [2.45, 2.75) is 6.17 Å². The number of rotatable bonds is 1. The molecule has 1 aromatic rings. The van der Waals surface area contributed by atoms with E-state index in [1.807, 2.05) is 0 Å². The Morgan fingerprint density at radius 2 is 2.31 bits per heavy atom. The molecular formula is C8H10FN3O. The first-order valence-corrected chi connectivity index (χ1v) is 3.87. The molecule has 0 saturated carbocycles. The van der Waals surface area contributed by atoms with Crippen LogP contribution in [-0.2, 0) is 0 Å². The van der Waals surface area contributed by atoms with Gasteiger partial charge in [0.15, 0.2) is 0 Å². The van der Waals surface area contributed by atoms with Crippen LogP contribution in [0.4, 0.5) is 10.1 Å². The topological polar surface area (TPSA) is 59.3 Å². The average Bonchev–Trinajstić information content (AvgIpc) is 2.48. The van der Waals surface area contributed by atoms with E-state index in [1.54, 1.807) is 6.07 Å². The Hall–Kier alpha value is -1.33. The van der Waals surface area contributed by atoms with Crippen molar-refractivity contribution in [1.82, 2.24) is 5.43 Å². The Kier molecular flexibility index (Phi) is 1.82. The zero-order valence-corrected chi connectivity index (χ0v) is 7.10. The van der Waals surface area contributed by atoms with E-state index in [2.05, 4.69) is 10.9 Å². The molecule has 4 N–H and O–H groups in total. The van der Waals surface area contributed by atoms with E-state index < -0.39 is 6.17 Å². The molecule has 0 fully saturated rings. The maximum atomic E-state index is 13.3. The molecule has 1 heterocycles. The van der Waals surface area contributed by atoms with Crippen LogP contribution in [-0.4, -0.2) is 7.11 Å². The fraction of sp³-hybridized carbons (Fsp3) is 0.250. The van der Waals surface area contributed by atoms with E-state index >= 15 is 0 Å². The minimum atomic E-state index is -0.499. The average molecular weight is 183 g/mol. The van der Waals surface area contributed by atoms with Crippen molar-refractivity contribution < 1.29 is 9.13 Å². The number of ether oxygens (including phenoxy) is 1. The van der Waals surface area contributed by atoms with E-state index in [-0.39, 0.29) is 5.82 Å². The highest BCUT2D eigenvalue weighted by atomic mass is 19.1. The first kappa shape index (κ1) is 8.28. The molecule has 0 amide bonds. The van der Waals surface area contributed by atoms with Gasteiger partial charge in [0.05, 0.1) is 12.8 Å². The summed E-state index contributed by atoms with van der Waals surface area (Å²) in [6.45, 7) is 0. The van der Waals surface area contributed by atoms with Crippen molar-refractivity contribution in [1.29, 1.82) is 0 Å². The minimum Gasteiger partial charge on any atom is -0.497 e. The molecule has 1 atom stereocenters. The van der Waals surface area contributed by atoms with Gasteiger partial charge in [-0.25, -0.2) is 9.82 Å². The monoisotopic (exact) mass is 183 g/mol. The van der Waals surface area contributed by atoms with Gasteiger partial charge in [-0.15, -0.1) is 0 Å². The van der Waals surface area contributed by atoms with Gasteiger partial charge in [-0.2, -0.15) is 0 Å². The molecule has 0 aromatic heterocycles. The molecule has 0 bridgehead atoms. The molecular weight excluding hydrogens is 173 g/mol. The largest absolute Gasteiger partial charge is 0.497 e. The second kappa shape index (κ2) is 2.86. The molecule has 1 aromatic carbocycles. The predicted octanol–water partition coefficient (Wildman–Crippen LogP) is 0.722. The molecule has 0 saturated heterocycles. The molecule has 5 heteroatoms. The lowest BCUT2D eigenvalue weighted by Gasteiger charge is -2.05. The quantitative estimate of drug-likeness (QED) is 0.600. The van der Waals surface area contributed by atoms with Crippen LogP contribution < -0.4 is 21.3 Å². The SMILES string of the molecule is COc1cc(F)c2c(c1)NNC2N. The molecule has 70 valence electrons. The smallest absolute Gasteiger partial charge is 0.135 e. The Labute approximate surface area is 74.8 Å². The van der Waals surface area contributed by atoms with E-state index in [4.69, 9.17) is 10.5 Å². The van der Waals surface area contributed by atoms with E-state index in [1.165, 1.54) is 13.2 Å². The second-order valence-electron chi connectivity index (χ2n) is 2.82. The van der Waals surface area contributed by atoms with Crippen LogP contribution in [0.25, 0.3) is 0 Å². The van der Waals surface area contributed by atoms with Crippen molar-refractivity contribution in [3.63, 3.8) is 0 Å². The number of halogens is 1. The van der Waals surface area contributed by atoms with Crippen molar-refractivity contribution >= 4 is 5.69 Å². The van der Waals surface area contributed by atoms with Crippen LogP contribution in [0.1, 0.15) is 11.7 Å². The second-order valence-corrected chi connectivity index (χ2v) is 2.82. The number of methoxy groups -OCH3 is 1. The molecule has 0 radical (unpaired) electrons. The van der Waals surface area contributed by atoms with Crippen LogP contribution in [0, 0.1) is 5.82 Å². The molecule has 1 aliphatic heterocycles. The molecule has 2 rings (SSSR count). The summed E-state index contributed by atoms with van der Waals surface area (Å²) in [5, 5.41) is 0. The van der Waals surface area contributed by atoms with Gasteiger partial charge in [-0.1, -0.05) is 0 Å². The standard InChI is InChI=1S/C8H10FN3O/c1-13-4-2-5(9)7-6(3-4)11-12-8(7)10/h2-3,8,11-12H,10H2,1H3. The van der Waals surface area contributed by atoms with Gasteiger partial charge in [-0.05, 0) is 0 Å². The minimum absolute atomic E-state index is 0.362. The maximum Gasteiger partial charge on any atom is 0.135 e. The van der Waals surface area contributed by atoms with Gasteiger partial charge in [0.2, 0.25) is 0 Å². The van der Waals surface area contributed by atoms with Crippen LogP contribution >= 0.6 is 0 Å². The molecule has 1 unspecified atom stereocenters. The van der Waals surface area contributed by atoms with Crippen molar-refractivity contribution in [3.05, 3.63) is 23.5 Å². The lowest BCUT2D eigenvalue weighted by molar-refractivity contribution is 0.411. The number of nitrogens with two attached hydrogens (primary N) is 1. The number of fused-ring (bicyclic) bond motifs is 1. The summed E-state index contributed by atoms with van der Waals surface area (Å²) in [5.41, 5.74) is 12.1. The number of benzene rings is 1. The molecule has 13 heavy (non-hydrogen) atoms. The summed E-state index contributed by atoms with van der Waals surface area (Å²) in [5.74, 6) is 0.110. The highest BCUT2D eigenvalue weighted by Gasteiger charge is 2.23. The first-order chi connectivity index (χ1) is 6.22. The molecule has 0 aliphatic carbocycles. The summed E-state index contributed by atoms with van der Waals surface area (Å²) >= 11 is 0. The Bertz CT molecular complexity index is 342. The van der Waals surface area contributed by atoms with Crippen LogP contribution in [0.3, 0.4) is 0 Å².